The van der Waals surface area contributed by atoms with Crippen molar-refractivity contribution in [1.82, 2.24) is 5.32 Å². The summed E-state index contributed by atoms with van der Waals surface area (Å²) in [6.07, 6.45) is 1.81. The van der Waals surface area contributed by atoms with E-state index in [4.69, 9.17) is 4.74 Å². The van der Waals surface area contributed by atoms with Crippen LogP contribution in [0, 0.1) is 11.3 Å². The number of ether oxygens (including phenoxy) is 1. The number of hydrogen-bond donors (Lipinski definition) is 1. The molecule has 0 aromatic rings. The molecule has 3 heteroatoms. The Morgan fingerprint density at radius 1 is 1.33 bits per heavy atom. The molecule has 0 rings (SSSR count). The minimum Gasteiger partial charge on any atom is -0.449 e. The molecular weight excluding hydrogens is 190 g/mol. The molecule has 15 heavy (non-hydrogen) atoms. The van der Waals surface area contributed by atoms with Gasteiger partial charge in [0.15, 0.2) is 0 Å². The van der Waals surface area contributed by atoms with Crippen molar-refractivity contribution in [3.8, 4) is 0 Å². The Morgan fingerprint density at radius 3 is 2.40 bits per heavy atom. The first-order valence-corrected chi connectivity index (χ1v) is 5.72. The van der Waals surface area contributed by atoms with Crippen molar-refractivity contribution in [3.63, 3.8) is 0 Å². The topological polar surface area (TPSA) is 38.3 Å². The Balaban J connectivity index is 3.40. The molecule has 3 nitrogen and oxygen atoms in total. The molecule has 0 atom stereocenters. The second-order valence-corrected chi connectivity index (χ2v) is 5.58. The summed E-state index contributed by atoms with van der Waals surface area (Å²) in [5.41, 5.74) is 0.337. The van der Waals surface area contributed by atoms with Crippen LogP contribution in [0.4, 0.5) is 4.79 Å². The Labute approximate surface area is 93.6 Å². The normalized spacial score (nSPS) is 11.6. The first-order chi connectivity index (χ1) is 6.81. The second kappa shape index (κ2) is 6.70. The minimum atomic E-state index is -0.294. The van der Waals surface area contributed by atoms with Crippen LogP contribution in [0.25, 0.3) is 0 Å². The average Bonchev–Trinajstić information content (AvgIpc) is 2.07. The van der Waals surface area contributed by atoms with Gasteiger partial charge in [0.2, 0.25) is 0 Å². The highest BCUT2D eigenvalue weighted by Crippen LogP contribution is 2.19. The molecule has 0 spiro atoms. The number of alkyl carbamates (subject to hydrolysis) is 1. The maximum absolute atomic E-state index is 11.1. The van der Waals surface area contributed by atoms with Gasteiger partial charge in [-0.25, -0.2) is 4.79 Å². The fourth-order valence-electron chi connectivity index (χ4n) is 1.10. The van der Waals surface area contributed by atoms with Crippen LogP contribution in [0.15, 0.2) is 0 Å². The molecule has 0 saturated carbocycles. The van der Waals surface area contributed by atoms with Gasteiger partial charge in [-0.05, 0) is 24.2 Å². The summed E-state index contributed by atoms with van der Waals surface area (Å²) in [6, 6.07) is 0. The molecule has 90 valence electrons. The van der Waals surface area contributed by atoms with Crippen LogP contribution in [0.1, 0.15) is 47.5 Å². The lowest BCUT2D eigenvalue weighted by Crippen LogP contribution is -2.27. The number of hydrogen-bond acceptors (Lipinski definition) is 2. The maximum atomic E-state index is 11.1. The van der Waals surface area contributed by atoms with E-state index in [0.717, 1.165) is 12.8 Å². The Morgan fingerprint density at radius 2 is 1.93 bits per heavy atom. The van der Waals surface area contributed by atoms with Gasteiger partial charge in [0.25, 0.3) is 0 Å². The van der Waals surface area contributed by atoms with Crippen molar-refractivity contribution >= 4 is 6.09 Å². The number of carbonyl (C=O) groups is 1. The third kappa shape index (κ3) is 11.2. The smallest absolute Gasteiger partial charge is 0.407 e. The van der Waals surface area contributed by atoms with Gasteiger partial charge in [-0.3, -0.25) is 0 Å². The molecule has 0 aliphatic heterocycles. The highest BCUT2D eigenvalue weighted by molar-refractivity contribution is 5.66. The zero-order valence-corrected chi connectivity index (χ0v) is 10.7. The quantitative estimate of drug-likeness (QED) is 0.715. The van der Waals surface area contributed by atoms with E-state index in [0.29, 0.717) is 24.5 Å². The first kappa shape index (κ1) is 14.3. The van der Waals surface area contributed by atoms with E-state index in [1.54, 1.807) is 0 Å². The van der Waals surface area contributed by atoms with Crippen LogP contribution in [-0.2, 0) is 4.74 Å². The summed E-state index contributed by atoms with van der Waals surface area (Å²) in [4.78, 5) is 11.1. The molecule has 1 N–H and O–H groups in total. The standard InChI is InChI=1S/C12H25NO2/c1-10(2)9-15-11(14)13-8-6-7-12(3,4)5/h10H,6-9H2,1-5H3,(H,13,14). The van der Waals surface area contributed by atoms with Gasteiger partial charge >= 0.3 is 6.09 Å². The summed E-state index contributed by atoms with van der Waals surface area (Å²) < 4.78 is 4.99. The summed E-state index contributed by atoms with van der Waals surface area (Å²) >= 11 is 0. The molecule has 0 bridgehead atoms. The molecule has 0 aromatic carbocycles. The molecule has 0 fully saturated rings. The highest BCUT2D eigenvalue weighted by atomic mass is 16.5. The van der Waals surface area contributed by atoms with Crippen LogP contribution >= 0.6 is 0 Å². The van der Waals surface area contributed by atoms with Gasteiger partial charge in [-0.15, -0.1) is 0 Å². The number of nitrogens with one attached hydrogen (secondary N) is 1. The van der Waals surface area contributed by atoms with Gasteiger partial charge in [-0.2, -0.15) is 0 Å². The van der Waals surface area contributed by atoms with Gasteiger partial charge < -0.3 is 10.1 Å². The molecule has 0 aliphatic carbocycles. The molecule has 0 unspecified atom stereocenters. The van der Waals surface area contributed by atoms with E-state index in [2.05, 4.69) is 26.1 Å². The lowest BCUT2D eigenvalue weighted by molar-refractivity contribution is 0.132. The summed E-state index contributed by atoms with van der Waals surface area (Å²) in [5.74, 6) is 0.394. The van der Waals surface area contributed by atoms with Crippen LogP contribution in [0.5, 0.6) is 0 Å². The highest BCUT2D eigenvalue weighted by Gasteiger charge is 2.09. The van der Waals surface area contributed by atoms with E-state index in [1.165, 1.54) is 0 Å². The number of rotatable bonds is 5. The van der Waals surface area contributed by atoms with Crippen molar-refractivity contribution in [1.29, 1.82) is 0 Å². The van der Waals surface area contributed by atoms with Gasteiger partial charge in [0.05, 0.1) is 6.61 Å². The van der Waals surface area contributed by atoms with Crippen LogP contribution < -0.4 is 5.32 Å². The van der Waals surface area contributed by atoms with Gasteiger partial charge in [0.1, 0.15) is 0 Å². The third-order valence-electron chi connectivity index (χ3n) is 1.92. The van der Waals surface area contributed by atoms with Crippen LogP contribution in [0.2, 0.25) is 0 Å². The van der Waals surface area contributed by atoms with Crippen LogP contribution in [-0.4, -0.2) is 19.2 Å². The summed E-state index contributed by atoms with van der Waals surface area (Å²) in [7, 11) is 0. The third-order valence-corrected chi connectivity index (χ3v) is 1.92. The Hall–Kier alpha value is -0.730. The average molecular weight is 215 g/mol. The van der Waals surface area contributed by atoms with E-state index >= 15 is 0 Å². The molecule has 0 aliphatic rings. The molecule has 0 radical (unpaired) electrons. The predicted octanol–water partition coefficient (Wildman–Crippen LogP) is 3.19. The lowest BCUT2D eigenvalue weighted by atomic mass is 9.91. The molecule has 0 aromatic heterocycles. The maximum Gasteiger partial charge on any atom is 0.407 e. The van der Waals surface area contributed by atoms with E-state index in [1.807, 2.05) is 13.8 Å². The fraction of sp³-hybridized carbons (Fsp3) is 0.917. The SMILES string of the molecule is CC(C)COC(=O)NCCCC(C)(C)C. The van der Waals surface area contributed by atoms with E-state index in [9.17, 15) is 4.79 Å². The van der Waals surface area contributed by atoms with E-state index in [-0.39, 0.29) is 6.09 Å². The molecule has 0 saturated heterocycles. The number of carbonyl (C=O) groups excluding carboxylic acids is 1. The molecule has 1 amide bonds. The largest absolute Gasteiger partial charge is 0.449 e. The molecular formula is C12H25NO2. The monoisotopic (exact) mass is 215 g/mol. The first-order valence-electron chi connectivity index (χ1n) is 5.72. The van der Waals surface area contributed by atoms with Gasteiger partial charge in [-0.1, -0.05) is 34.6 Å². The lowest BCUT2D eigenvalue weighted by Gasteiger charge is -2.17. The predicted molar refractivity (Wildman–Crippen MR) is 62.9 cm³/mol. The minimum absolute atomic E-state index is 0.294. The fourth-order valence-corrected chi connectivity index (χ4v) is 1.10. The Kier molecular flexibility index (Phi) is 6.37. The van der Waals surface area contributed by atoms with Crippen molar-refractivity contribution < 1.29 is 9.53 Å². The zero-order chi connectivity index (χ0) is 11.9. The Bertz CT molecular complexity index is 183. The summed E-state index contributed by atoms with van der Waals surface area (Å²) in [5, 5.41) is 2.75. The van der Waals surface area contributed by atoms with Crippen molar-refractivity contribution in [2.75, 3.05) is 13.2 Å². The van der Waals surface area contributed by atoms with Crippen molar-refractivity contribution in [3.05, 3.63) is 0 Å². The number of amides is 1. The van der Waals surface area contributed by atoms with Crippen molar-refractivity contribution in [2.24, 2.45) is 11.3 Å². The van der Waals surface area contributed by atoms with Crippen molar-refractivity contribution in [2.45, 2.75) is 47.5 Å². The zero-order valence-electron chi connectivity index (χ0n) is 10.7. The van der Waals surface area contributed by atoms with Gasteiger partial charge in [0, 0.05) is 6.54 Å². The van der Waals surface area contributed by atoms with Crippen LogP contribution in [0.3, 0.4) is 0 Å². The second-order valence-electron chi connectivity index (χ2n) is 5.58. The summed E-state index contributed by atoms with van der Waals surface area (Å²) in [6.45, 7) is 11.8. The van der Waals surface area contributed by atoms with E-state index < -0.39 is 0 Å². The molecule has 0 heterocycles.